The summed E-state index contributed by atoms with van der Waals surface area (Å²) in [7, 11) is 0. The Bertz CT molecular complexity index is 1470. The molecule has 0 saturated carbocycles. The van der Waals surface area contributed by atoms with Crippen LogP contribution in [0, 0.1) is 11.8 Å². The van der Waals surface area contributed by atoms with E-state index in [1.165, 1.54) is 71.4 Å². The molecule has 1 aliphatic carbocycles. The van der Waals surface area contributed by atoms with Crippen LogP contribution < -0.4 is 15.8 Å². The van der Waals surface area contributed by atoms with Gasteiger partial charge in [0.15, 0.2) is 0 Å². The fraction of sp³-hybridized carbons (Fsp3) is 0.310. The van der Waals surface area contributed by atoms with Crippen LogP contribution in [-0.4, -0.2) is 6.04 Å². The van der Waals surface area contributed by atoms with Crippen molar-refractivity contribution in [2.24, 2.45) is 11.8 Å². The molecular formula is C29H29NS. The smallest absolute Gasteiger partial charge is 0.0451 e. The number of aryl methyl sites for hydroxylation is 1. The molecule has 3 aromatic carbocycles. The van der Waals surface area contributed by atoms with Crippen LogP contribution >= 0.6 is 11.3 Å². The maximum absolute atomic E-state index is 3.94. The highest BCUT2D eigenvalue weighted by atomic mass is 32.1. The van der Waals surface area contributed by atoms with Gasteiger partial charge < -0.3 is 5.32 Å². The molecule has 0 radical (unpaired) electrons. The van der Waals surface area contributed by atoms with Crippen LogP contribution in [0.1, 0.15) is 45.2 Å². The number of nitrogens with one attached hydrogen (secondary N) is 1. The highest BCUT2D eigenvalue weighted by Gasteiger charge is 2.28. The largest absolute Gasteiger partial charge is 0.381 e. The molecule has 0 spiro atoms. The Morgan fingerprint density at radius 1 is 0.968 bits per heavy atom. The second-order valence-corrected chi connectivity index (χ2v) is 10.7. The normalized spacial score (nSPS) is 20.4. The van der Waals surface area contributed by atoms with Gasteiger partial charge in [-0.1, -0.05) is 68.8 Å². The SMILES string of the molecule is CC1=c2c(ccc3sc4ccccc4c23)=C(c2cccc3c2NC(C(C)C)CC3)C1C. The Labute approximate surface area is 188 Å². The van der Waals surface area contributed by atoms with Crippen LogP contribution in [0.2, 0.25) is 0 Å². The van der Waals surface area contributed by atoms with Gasteiger partial charge in [-0.2, -0.15) is 0 Å². The monoisotopic (exact) mass is 423 g/mol. The molecule has 1 aliphatic heterocycles. The van der Waals surface area contributed by atoms with Gasteiger partial charge in [0.1, 0.15) is 0 Å². The van der Waals surface area contributed by atoms with Crippen molar-refractivity contribution in [1.29, 1.82) is 0 Å². The molecular weight excluding hydrogens is 394 g/mol. The second-order valence-electron chi connectivity index (χ2n) is 9.65. The standard InChI is InChI=1S/C29H29NS/c1-16(2)23-14-12-19-8-7-10-22(29(19)30-23)26-17(3)18(4)27-21(26)13-15-25-28(27)20-9-5-6-11-24(20)31-25/h5-11,13,15-17,23,30H,12,14H2,1-4H3. The molecule has 4 aromatic rings. The highest BCUT2D eigenvalue weighted by Crippen LogP contribution is 2.40. The van der Waals surface area contributed by atoms with Crippen molar-refractivity contribution >= 4 is 48.3 Å². The minimum absolute atomic E-state index is 0.423. The van der Waals surface area contributed by atoms with Gasteiger partial charge in [-0.25, -0.2) is 0 Å². The zero-order valence-corrected chi connectivity index (χ0v) is 19.6. The Morgan fingerprint density at radius 2 is 1.81 bits per heavy atom. The van der Waals surface area contributed by atoms with Gasteiger partial charge in [-0.15, -0.1) is 11.3 Å². The van der Waals surface area contributed by atoms with E-state index >= 15 is 0 Å². The van der Waals surface area contributed by atoms with Gasteiger partial charge in [0, 0.05) is 43.4 Å². The maximum atomic E-state index is 3.94. The van der Waals surface area contributed by atoms with Crippen molar-refractivity contribution in [2.45, 2.75) is 46.6 Å². The highest BCUT2D eigenvalue weighted by molar-refractivity contribution is 7.25. The third kappa shape index (κ3) is 2.74. The number of benzene rings is 3. The molecule has 0 bridgehead atoms. The molecule has 0 saturated heterocycles. The number of hydrogen-bond acceptors (Lipinski definition) is 2. The Hall–Kier alpha value is -2.58. The fourth-order valence-electron chi connectivity index (χ4n) is 5.77. The van der Waals surface area contributed by atoms with E-state index in [9.17, 15) is 0 Å². The minimum atomic E-state index is 0.423. The van der Waals surface area contributed by atoms with Gasteiger partial charge in [-0.3, -0.25) is 0 Å². The second kappa shape index (κ2) is 6.97. The Morgan fingerprint density at radius 3 is 2.65 bits per heavy atom. The molecule has 0 fully saturated rings. The van der Waals surface area contributed by atoms with Gasteiger partial charge >= 0.3 is 0 Å². The lowest BCUT2D eigenvalue weighted by atomic mass is 9.85. The summed E-state index contributed by atoms with van der Waals surface area (Å²) in [6.45, 7) is 9.42. The molecule has 2 unspecified atom stereocenters. The fourth-order valence-corrected chi connectivity index (χ4v) is 6.88. The molecule has 0 amide bonds. The predicted molar refractivity (Wildman–Crippen MR) is 136 cm³/mol. The first kappa shape index (κ1) is 19.1. The molecule has 2 aliphatic rings. The minimum Gasteiger partial charge on any atom is -0.381 e. The van der Waals surface area contributed by atoms with Crippen molar-refractivity contribution < 1.29 is 0 Å². The van der Waals surface area contributed by atoms with Crippen LogP contribution in [0.15, 0.2) is 54.6 Å². The lowest BCUT2D eigenvalue weighted by Gasteiger charge is -2.32. The number of thiophene rings is 1. The molecule has 1 aromatic heterocycles. The van der Waals surface area contributed by atoms with Crippen molar-refractivity contribution in [2.75, 3.05) is 5.32 Å². The van der Waals surface area contributed by atoms with E-state index in [1.807, 2.05) is 11.3 Å². The third-order valence-corrected chi connectivity index (χ3v) is 8.75. The number of anilines is 1. The third-order valence-electron chi connectivity index (χ3n) is 7.61. The zero-order chi connectivity index (χ0) is 21.3. The number of fused-ring (bicyclic) bond motifs is 6. The van der Waals surface area contributed by atoms with Crippen LogP contribution in [0.25, 0.3) is 31.3 Å². The summed E-state index contributed by atoms with van der Waals surface area (Å²) in [5.41, 5.74) is 7.27. The molecule has 6 rings (SSSR count). The first-order valence-corrected chi connectivity index (χ1v) is 12.4. The van der Waals surface area contributed by atoms with Crippen LogP contribution in [0.4, 0.5) is 5.69 Å². The number of para-hydroxylation sites is 1. The summed E-state index contributed by atoms with van der Waals surface area (Å²) in [6.07, 6.45) is 2.40. The summed E-state index contributed by atoms with van der Waals surface area (Å²) in [6, 6.07) is 21.1. The topological polar surface area (TPSA) is 12.0 Å². The van der Waals surface area contributed by atoms with E-state index in [4.69, 9.17) is 0 Å². The van der Waals surface area contributed by atoms with Gasteiger partial charge in [0.2, 0.25) is 0 Å². The summed E-state index contributed by atoms with van der Waals surface area (Å²) in [5, 5.41) is 9.71. The molecule has 1 N–H and O–H groups in total. The van der Waals surface area contributed by atoms with E-state index in [2.05, 4.69) is 87.6 Å². The maximum Gasteiger partial charge on any atom is 0.0451 e. The molecule has 1 nitrogen and oxygen atoms in total. The summed E-state index contributed by atoms with van der Waals surface area (Å²) in [4.78, 5) is 0. The summed E-state index contributed by atoms with van der Waals surface area (Å²) >= 11 is 1.92. The Balaban J connectivity index is 1.69. The van der Waals surface area contributed by atoms with E-state index in [1.54, 1.807) is 0 Å². The molecule has 2 atom stereocenters. The van der Waals surface area contributed by atoms with E-state index in [0.29, 0.717) is 17.9 Å². The van der Waals surface area contributed by atoms with Gasteiger partial charge in [0.05, 0.1) is 0 Å². The van der Waals surface area contributed by atoms with Crippen LogP contribution in [0.3, 0.4) is 0 Å². The van der Waals surface area contributed by atoms with Crippen molar-refractivity contribution in [3.8, 4) is 0 Å². The average Bonchev–Trinajstić information content (AvgIpc) is 3.28. The van der Waals surface area contributed by atoms with Gasteiger partial charge in [0.25, 0.3) is 0 Å². The Kier molecular flexibility index (Phi) is 4.30. The first-order chi connectivity index (χ1) is 15.0. The molecule has 31 heavy (non-hydrogen) atoms. The quantitative estimate of drug-likeness (QED) is 0.390. The molecule has 2 heteroatoms. The van der Waals surface area contributed by atoms with E-state index in [-0.39, 0.29) is 0 Å². The lowest BCUT2D eigenvalue weighted by Crippen LogP contribution is -2.31. The summed E-state index contributed by atoms with van der Waals surface area (Å²) in [5.74, 6) is 1.07. The lowest BCUT2D eigenvalue weighted by molar-refractivity contribution is 0.483. The van der Waals surface area contributed by atoms with Crippen molar-refractivity contribution in [3.05, 3.63) is 76.2 Å². The predicted octanol–water partition coefficient (Wildman–Crippen LogP) is 6.46. The number of hydrogen-bond donors (Lipinski definition) is 1. The van der Waals surface area contributed by atoms with Crippen molar-refractivity contribution in [3.63, 3.8) is 0 Å². The van der Waals surface area contributed by atoms with Gasteiger partial charge in [-0.05, 0) is 59.4 Å². The van der Waals surface area contributed by atoms with Crippen LogP contribution in [0.5, 0.6) is 0 Å². The molecule has 156 valence electrons. The average molecular weight is 424 g/mol. The number of rotatable bonds is 2. The van der Waals surface area contributed by atoms with Crippen molar-refractivity contribution in [1.82, 2.24) is 0 Å². The molecule has 2 heterocycles. The van der Waals surface area contributed by atoms with E-state index < -0.39 is 0 Å². The summed E-state index contributed by atoms with van der Waals surface area (Å²) < 4.78 is 2.79. The zero-order valence-electron chi connectivity index (χ0n) is 18.8. The first-order valence-electron chi connectivity index (χ1n) is 11.6. The van der Waals surface area contributed by atoms with E-state index in [0.717, 1.165) is 0 Å². The van der Waals surface area contributed by atoms with Crippen LogP contribution in [-0.2, 0) is 6.42 Å².